The number of halogens is 1. The summed E-state index contributed by atoms with van der Waals surface area (Å²) in [6.45, 7) is 2.92. The van der Waals surface area contributed by atoms with Gasteiger partial charge in [-0.15, -0.1) is 0 Å². The van der Waals surface area contributed by atoms with Gasteiger partial charge in [-0.25, -0.2) is 13.1 Å². The molecule has 4 nitrogen and oxygen atoms in total. The van der Waals surface area contributed by atoms with E-state index in [4.69, 9.17) is 4.74 Å². The Morgan fingerprint density at radius 2 is 2.00 bits per heavy atom. The van der Waals surface area contributed by atoms with E-state index < -0.39 is 10.0 Å². The Balaban J connectivity index is 2.40. The summed E-state index contributed by atoms with van der Waals surface area (Å²) in [5.41, 5.74) is 1.05. The van der Waals surface area contributed by atoms with E-state index in [0.29, 0.717) is 13.2 Å². The molecular formula is C12H18BrNO3S. The van der Waals surface area contributed by atoms with E-state index in [1.807, 2.05) is 37.3 Å². The van der Waals surface area contributed by atoms with Crippen LogP contribution < -0.4 is 4.72 Å². The highest BCUT2D eigenvalue weighted by atomic mass is 79.9. The Kier molecular flexibility index (Phi) is 6.85. The molecule has 102 valence electrons. The molecule has 0 amide bonds. The minimum absolute atomic E-state index is 0.00461. The van der Waals surface area contributed by atoms with E-state index in [0.717, 1.165) is 5.56 Å². The molecule has 1 unspecified atom stereocenters. The highest BCUT2D eigenvalue weighted by molar-refractivity contribution is 9.09. The van der Waals surface area contributed by atoms with Crippen molar-refractivity contribution in [2.24, 2.45) is 0 Å². The molecule has 1 N–H and O–H groups in total. The van der Waals surface area contributed by atoms with Crippen LogP contribution in [0.1, 0.15) is 17.3 Å². The zero-order chi connectivity index (χ0) is 13.4. The number of hydrogen-bond acceptors (Lipinski definition) is 3. The average Bonchev–Trinajstić information content (AvgIpc) is 2.37. The summed E-state index contributed by atoms with van der Waals surface area (Å²) >= 11 is 3.46. The number of ether oxygens (including phenoxy) is 1. The number of hydrogen-bond donors (Lipinski definition) is 1. The summed E-state index contributed by atoms with van der Waals surface area (Å²) in [5.74, 6) is -0.00461. The van der Waals surface area contributed by atoms with E-state index >= 15 is 0 Å². The van der Waals surface area contributed by atoms with E-state index in [1.54, 1.807) is 0 Å². The smallest absolute Gasteiger partial charge is 0.213 e. The molecule has 1 atom stereocenters. The van der Waals surface area contributed by atoms with Gasteiger partial charge in [0.15, 0.2) is 0 Å². The van der Waals surface area contributed by atoms with Gasteiger partial charge in [0.2, 0.25) is 10.0 Å². The Hall–Kier alpha value is -0.430. The van der Waals surface area contributed by atoms with Gasteiger partial charge in [-0.1, -0.05) is 46.3 Å². The molecule has 0 spiro atoms. The van der Waals surface area contributed by atoms with Gasteiger partial charge in [-0.05, 0) is 12.5 Å². The number of rotatable bonds is 8. The van der Waals surface area contributed by atoms with Crippen LogP contribution in [0.3, 0.4) is 0 Å². The van der Waals surface area contributed by atoms with Crippen molar-refractivity contribution in [1.82, 2.24) is 4.72 Å². The second kappa shape index (κ2) is 7.89. The lowest BCUT2D eigenvalue weighted by atomic mass is 10.2. The molecule has 0 aliphatic rings. The third-order valence-electron chi connectivity index (χ3n) is 2.34. The Morgan fingerprint density at radius 1 is 1.33 bits per heavy atom. The second-order valence-electron chi connectivity index (χ2n) is 3.74. The van der Waals surface area contributed by atoms with Crippen LogP contribution in [0, 0.1) is 0 Å². The summed E-state index contributed by atoms with van der Waals surface area (Å²) < 4.78 is 30.8. The summed E-state index contributed by atoms with van der Waals surface area (Å²) in [6, 6.07) is 9.68. The van der Waals surface area contributed by atoms with Crippen LogP contribution in [0.2, 0.25) is 0 Å². The summed E-state index contributed by atoms with van der Waals surface area (Å²) in [6.07, 6.45) is 0. The van der Waals surface area contributed by atoms with Crippen molar-refractivity contribution in [2.75, 3.05) is 25.5 Å². The van der Waals surface area contributed by atoms with Gasteiger partial charge in [0.1, 0.15) is 0 Å². The minimum Gasteiger partial charge on any atom is -0.381 e. The van der Waals surface area contributed by atoms with Gasteiger partial charge >= 0.3 is 0 Å². The Labute approximate surface area is 117 Å². The summed E-state index contributed by atoms with van der Waals surface area (Å²) in [5, 5.41) is 0. The Morgan fingerprint density at radius 3 is 2.61 bits per heavy atom. The van der Waals surface area contributed by atoms with Crippen molar-refractivity contribution < 1.29 is 13.2 Å². The molecular weight excluding hydrogens is 318 g/mol. The number of alkyl halides is 1. The van der Waals surface area contributed by atoms with Crippen LogP contribution in [0.4, 0.5) is 0 Å². The monoisotopic (exact) mass is 335 g/mol. The molecule has 0 saturated carbocycles. The Bertz CT molecular complexity index is 436. The molecule has 0 aromatic heterocycles. The van der Waals surface area contributed by atoms with Crippen molar-refractivity contribution >= 4 is 26.0 Å². The van der Waals surface area contributed by atoms with Crippen molar-refractivity contribution in [3.8, 4) is 0 Å². The first-order valence-corrected chi connectivity index (χ1v) is 8.36. The van der Waals surface area contributed by atoms with Gasteiger partial charge in [0.05, 0.1) is 17.2 Å². The largest absolute Gasteiger partial charge is 0.381 e. The zero-order valence-corrected chi connectivity index (χ0v) is 12.7. The third-order valence-corrected chi connectivity index (χ3v) is 4.51. The first kappa shape index (κ1) is 15.6. The molecule has 0 saturated heterocycles. The van der Waals surface area contributed by atoms with Crippen LogP contribution in [0.15, 0.2) is 30.3 Å². The van der Waals surface area contributed by atoms with Gasteiger partial charge in [-0.3, -0.25) is 0 Å². The fraction of sp³-hybridized carbons (Fsp3) is 0.500. The van der Waals surface area contributed by atoms with Crippen LogP contribution in [-0.4, -0.2) is 33.9 Å². The molecule has 6 heteroatoms. The van der Waals surface area contributed by atoms with Crippen molar-refractivity contribution in [3.63, 3.8) is 0 Å². The van der Waals surface area contributed by atoms with Gasteiger partial charge < -0.3 is 4.74 Å². The molecule has 0 heterocycles. The third kappa shape index (κ3) is 5.95. The molecule has 0 bridgehead atoms. The first-order chi connectivity index (χ1) is 8.55. The van der Waals surface area contributed by atoms with Crippen molar-refractivity contribution in [1.29, 1.82) is 0 Å². The molecule has 1 rings (SSSR count). The maximum absolute atomic E-state index is 11.6. The molecule has 0 aliphatic carbocycles. The fourth-order valence-corrected chi connectivity index (χ4v) is 2.95. The molecule has 0 aliphatic heterocycles. The van der Waals surface area contributed by atoms with Crippen LogP contribution in [-0.2, 0) is 14.8 Å². The average molecular weight is 336 g/mol. The van der Waals surface area contributed by atoms with Gasteiger partial charge in [-0.2, -0.15) is 0 Å². The number of sulfonamides is 1. The van der Waals surface area contributed by atoms with Crippen molar-refractivity contribution in [3.05, 3.63) is 35.9 Å². The lowest BCUT2D eigenvalue weighted by Crippen LogP contribution is -2.30. The maximum atomic E-state index is 11.6. The zero-order valence-electron chi connectivity index (χ0n) is 10.3. The van der Waals surface area contributed by atoms with Crippen molar-refractivity contribution in [2.45, 2.75) is 11.8 Å². The van der Waals surface area contributed by atoms with Gasteiger partial charge in [0.25, 0.3) is 0 Å². The van der Waals surface area contributed by atoms with Crippen LogP contribution in [0.5, 0.6) is 0 Å². The summed E-state index contributed by atoms with van der Waals surface area (Å²) in [4.78, 5) is -0.0273. The lowest BCUT2D eigenvalue weighted by Gasteiger charge is -2.12. The molecule has 1 aromatic carbocycles. The standard InChI is InChI=1S/C12H18BrNO3S/c1-2-17-8-9-18(15,16)14-10-12(13)11-6-4-3-5-7-11/h3-7,12,14H,2,8-10H2,1H3. The maximum Gasteiger partial charge on any atom is 0.213 e. The predicted molar refractivity (Wildman–Crippen MR) is 76.4 cm³/mol. The highest BCUT2D eigenvalue weighted by Gasteiger charge is 2.13. The molecule has 0 fully saturated rings. The molecule has 18 heavy (non-hydrogen) atoms. The minimum atomic E-state index is -3.26. The second-order valence-corrected chi connectivity index (χ2v) is 6.77. The highest BCUT2D eigenvalue weighted by Crippen LogP contribution is 2.21. The topological polar surface area (TPSA) is 55.4 Å². The lowest BCUT2D eigenvalue weighted by molar-refractivity contribution is 0.163. The first-order valence-electron chi connectivity index (χ1n) is 5.79. The van der Waals surface area contributed by atoms with Gasteiger partial charge in [0, 0.05) is 13.2 Å². The summed E-state index contributed by atoms with van der Waals surface area (Å²) in [7, 11) is -3.26. The van der Waals surface area contributed by atoms with E-state index in [9.17, 15) is 8.42 Å². The predicted octanol–water partition coefficient (Wildman–Crippen LogP) is 2.08. The SMILES string of the molecule is CCOCCS(=O)(=O)NCC(Br)c1ccccc1. The molecule has 1 aromatic rings. The van der Waals surface area contributed by atoms with E-state index in [-0.39, 0.29) is 17.2 Å². The van der Waals surface area contributed by atoms with E-state index in [1.165, 1.54) is 0 Å². The fourth-order valence-electron chi connectivity index (χ4n) is 1.36. The molecule has 0 radical (unpaired) electrons. The quantitative estimate of drug-likeness (QED) is 0.584. The van der Waals surface area contributed by atoms with Crippen LogP contribution in [0.25, 0.3) is 0 Å². The normalized spacial score (nSPS) is 13.4. The number of nitrogens with one attached hydrogen (secondary N) is 1. The van der Waals surface area contributed by atoms with E-state index in [2.05, 4.69) is 20.7 Å². The van der Waals surface area contributed by atoms with Crippen LogP contribution >= 0.6 is 15.9 Å². The number of benzene rings is 1.